The first-order valence-electron chi connectivity index (χ1n) is 28.6. The molecule has 0 radical (unpaired) electrons. The van der Waals surface area contributed by atoms with Crippen LogP contribution < -0.4 is 5.32 Å². The second-order valence-electron chi connectivity index (χ2n) is 19.5. The van der Waals surface area contributed by atoms with Gasteiger partial charge in [0.2, 0.25) is 5.91 Å². The fourth-order valence-electron chi connectivity index (χ4n) is 8.64. The lowest BCUT2D eigenvalue weighted by atomic mass is 10.0. The molecule has 3 atom stereocenters. The van der Waals surface area contributed by atoms with Crippen molar-refractivity contribution in [2.24, 2.45) is 0 Å². The summed E-state index contributed by atoms with van der Waals surface area (Å²) in [5.41, 5.74) is 0. The Morgan fingerprint density at radius 3 is 1.23 bits per heavy atom. The van der Waals surface area contributed by atoms with Crippen LogP contribution in [-0.2, 0) is 14.3 Å². The first kappa shape index (κ1) is 63.6. The molecule has 0 bridgehead atoms. The summed E-state index contributed by atoms with van der Waals surface area (Å²) in [4.78, 5) is 26.3. The van der Waals surface area contributed by atoms with E-state index in [-0.39, 0.29) is 24.9 Å². The van der Waals surface area contributed by atoms with E-state index < -0.39 is 18.2 Å². The normalized spacial score (nSPS) is 13.6. The van der Waals surface area contributed by atoms with E-state index in [0.717, 1.165) is 77.0 Å². The number of hydrogen-bond acceptors (Lipinski definition) is 5. The van der Waals surface area contributed by atoms with Crippen LogP contribution in [0.2, 0.25) is 0 Å². The fourth-order valence-corrected chi connectivity index (χ4v) is 8.64. The van der Waals surface area contributed by atoms with Crippen molar-refractivity contribution in [1.82, 2.24) is 5.32 Å². The second-order valence-corrected chi connectivity index (χ2v) is 19.5. The minimum absolute atomic E-state index is 0.0686. The third kappa shape index (κ3) is 48.0. The first-order valence-corrected chi connectivity index (χ1v) is 28.6. The van der Waals surface area contributed by atoms with E-state index in [1.165, 1.54) is 161 Å². The zero-order valence-electron chi connectivity index (χ0n) is 43.8. The van der Waals surface area contributed by atoms with Gasteiger partial charge in [0.15, 0.2) is 0 Å². The van der Waals surface area contributed by atoms with E-state index >= 15 is 0 Å². The molecule has 66 heavy (non-hydrogen) atoms. The standard InChI is InChI=1S/C60H109NO5/c1-4-7-10-13-16-19-22-25-28-29-30-32-35-38-41-44-47-50-53-60(65)66-56(51-48-45-42-39-36-33-27-24-21-18-15-12-9-6-3)54-59(64)61-57(55-62)58(63)52-49-46-43-40-37-34-31-26-23-20-17-14-11-8-5-2/h10,13,16,19,22,25,28-30,32,56-58,62-63H,4-9,11-12,14-15,17-18,20-21,23-24,26-27,31,33-55H2,1-3H3,(H,61,64)/b13-10+,19-16+,25-22+,29-28+,32-30+. The van der Waals surface area contributed by atoms with Crippen LogP contribution in [0.3, 0.4) is 0 Å². The summed E-state index contributed by atoms with van der Waals surface area (Å²) in [6, 6.07) is -0.707. The number of aliphatic hydroxyl groups is 2. The van der Waals surface area contributed by atoms with Crippen LogP contribution in [0.5, 0.6) is 0 Å². The molecule has 0 saturated heterocycles. The van der Waals surface area contributed by atoms with Crippen LogP contribution in [0.15, 0.2) is 60.8 Å². The fraction of sp³-hybridized carbons (Fsp3) is 0.800. The third-order valence-electron chi connectivity index (χ3n) is 13.0. The molecule has 0 fully saturated rings. The Morgan fingerprint density at radius 2 is 0.803 bits per heavy atom. The van der Waals surface area contributed by atoms with E-state index in [1.54, 1.807) is 0 Å². The zero-order valence-corrected chi connectivity index (χ0v) is 43.8. The van der Waals surface area contributed by atoms with Crippen LogP contribution in [0.4, 0.5) is 0 Å². The molecule has 6 heteroatoms. The number of amides is 1. The Balaban J connectivity index is 4.59. The van der Waals surface area contributed by atoms with Gasteiger partial charge < -0.3 is 20.3 Å². The summed E-state index contributed by atoms with van der Waals surface area (Å²) in [5, 5.41) is 23.9. The van der Waals surface area contributed by atoms with Gasteiger partial charge in [-0.2, -0.15) is 0 Å². The third-order valence-corrected chi connectivity index (χ3v) is 13.0. The van der Waals surface area contributed by atoms with Gasteiger partial charge in [-0.15, -0.1) is 0 Å². The second kappa shape index (κ2) is 53.5. The van der Waals surface area contributed by atoms with E-state index in [2.05, 4.69) is 62.5 Å². The van der Waals surface area contributed by atoms with Gasteiger partial charge in [0.1, 0.15) is 6.10 Å². The number of unbranched alkanes of at least 4 members (excludes halogenated alkanes) is 33. The average Bonchev–Trinajstić information content (AvgIpc) is 3.31. The van der Waals surface area contributed by atoms with Crippen molar-refractivity contribution in [3.8, 4) is 0 Å². The molecule has 6 nitrogen and oxygen atoms in total. The zero-order chi connectivity index (χ0) is 48.1. The van der Waals surface area contributed by atoms with E-state index in [4.69, 9.17) is 4.74 Å². The predicted molar refractivity (Wildman–Crippen MR) is 287 cm³/mol. The van der Waals surface area contributed by atoms with Gasteiger partial charge in [-0.1, -0.05) is 287 Å². The van der Waals surface area contributed by atoms with Crippen molar-refractivity contribution in [3.63, 3.8) is 0 Å². The quantitative estimate of drug-likeness (QED) is 0.0321. The highest BCUT2D eigenvalue weighted by molar-refractivity contribution is 5.77. The number of carbonyl (C=O) groups is 2. The van der Waals surface area contributed by atoms with Crippen molar-refractivity contribution in [3.05, 3.63) is 60.8 Å². The smallest absolute Gasteiger partial charge is 0.306 e. The SMILES string of the molecule is CCC/C=C/C=C/C=C/C=C/C=C/CCCCCCCC(=O)OC(CCCCCCCCCCCCCCCC)CC(=O)NC(CO)C(O)CCCCCCCCCCCCCCCCC. The maximum atomic E-state index is 13.3. The highest BCUT2D eigenvalue weighted by atomic mass is 16.5. The van der Waals surface area contributed by atoms with Gasteiger partial charge >= 0.3 is 5.97 Å². The van der Waals surface area contributed by atoms with Crippen molar-refractivity contribution >= 4 is 11.9 Å². The van der Waals surface area contributed by atoms with Crippen LogP contribution in [-0.4, -0.2) is 46.9 Å². The average molecular weight is 925 g/mol. The Bertz CT molecular complexity index is 1170. The Morgan fingerprint density at radius 1 is 0.439 bits per heavy atom. The van der Waals surface area contributed by atoms with Crippen molar-refractivity contribution in [2.45, 2.75) is 302 Å². The first-order chi connectivity index (χ1) is 32.5. The summed E-state index contributed by atoms with van der Waals surface area (Å²) in [7, 11) is 0. The number of allylic oxidation sites excluding steroid dienone is 10. The highest BCUT2D eigenvalue weighted by Crippen LogP contribution is 2.19. The number of hydrogen-bond donors (Lipinski definition) is 3. The van der Waals surface area contributed by atoms with E-state index in [1.807, 2.05) is 24.3 Å². The minimum Gasteiger partial charge on any atom is -0.462 e. The molecule has 0 heterocycles. The molecule has 0 aliphatic rings. The molecule has 3 unspecified atom stereocenters. The molecule has 0 saturated carbocycles. The maximum absolute atomic E-state index is 13.3. The molecule has 384 valence electrons. The van der Waals surface area contributed by atoms with E-state index in [0.29, 0.717) is 19.3 Å². The molecule has 3 N–H and O–H groups in total. The molecule has 1 amide bonds. The number of rotatable bonds is 51. The van der Waals surface area contributed by atoms with Crippen LogP contribution >= 0.6 is 0 Å². The number of nitrogens with one attached hydrogen (secondary N) is 1. The lowest BCUT2D eigenvalue weighted by molar-refractivity contribution is -0.151. The molecular weight excluding hydrogens is 815 g/mol. The predicted octanol–water partition coefficient (Wildman–Crippen LogP) is 17.6. The molecule has 0 aliphatic carbocycles. The summed E-state index contributed by atoms with van der Waals surface area (Å²) < 4.78 is 5.95. The molecule has 0 spiro atoms. The molecular formula is C60H109NO5. The van der Waals surface area contributed by atoms with Crippen molar-refractivity contribution < 1.29 is 24.5 Å². The number of aliphatic hydroxyl groups excluding tert-OH is 2. The Kier molecular flexibility index (Phi) is 51.5. The summed E-state index contributed by atoms with van der Waals surface area (Å²) >= 11 is 0. The Hall–Kier alpha value is -2.44. The van der Waals surface area contributed by atoms with Gasteiger partial charge in [-0.05, 0) is 44.9 Å². The molecule has 0 aromatic heterocycles. The van der Waals surface area contributed by atoms with Crippen LogP contribution in [0, 0.1) is 0 Å². The lowest BCUT2D eigenvalue weighted by Crippen LogP contribution is -2.46. The van der Waals surface area contributed by atoms with Crippen molar-refractivity contribution in [2.75, 3.05) is 6.61 Å². The van der Waals surface area contributed by atoms with Gasteiger partial charge in [-0.25, -0.2) is 0 Å². The summed E-state index contributed by atoms with van der Waals surface area (Å²) in [6.45, 7) is 6.42. The number of ether oxygens (including phenoxy) is 1. The van der Waals surface area contributed by atoms with Crippen LogP contribution in [0.25, 0.3) is 0 Å². The monoisotopic (exact) mass is 924 g/mol. The van der Waals surface area contributed by atoms with Crippen LogP contribution in [0.1, 0.15) is 284 Å². The molecule has 0 aromatic rings. The van der Waals surface area contributed by atoms with Crippen molar-refractivity contribution in [1.29, 1.82) is 0 Å². The maximum Gasteiger partial charge on any atom is 0.306 e. The highest BCUT2D eigenvalue weighted by Gasteiger charge is 2.24. The molecule has 0 rings (SSSR count). The Labute approximate surface area is 409 Å². The number of carbonyl (C=O) groups excluding carboxylic acids is 2. The molecule has 0 aromatic carbocycles. The lowest BCUT2D eigenvalue weighted by Gasteiger charge is -2.24. The minimum atomic E-state index is -0.793. The molecule has 0 aliphatic heterocycles. The largest absolute Gasteiger partial charge is 0.462 e. The van der Waals surface area contributed by atoms with Gasteiger partial charge in [-0.3, -0.25) is 9.59 Å². The van der Waals surface area contributed by atoms with Gasteiger partial charge in [0.25, 0.3) is 0 Å². The van der Waals surface area contributed by atoms with Gasteiger partial charge in [0, 0.05) is 6.42 Å². The summed E-state index contributed by atoms with van der Waals surface area (Å²) in [5.74, 6) is -0.492. The topological polar surface area (TPSA) is 95.9 Å². The summed E-state index contributed by atoms with van der Waals surface area (Å²) in [6.07, 6.45) is 67.0. The number of esters is 1. The van der Waals surface area contributed by atoms with Gasteiger partial charge in [0.05, 0.1) is 25.2 Å². The van der Waals surface area contributed by atoms with E-state index in [9.17, 15) is 19.8 Å².